The molecule has 1 aromatic heterocycles. The number of aromatic nitrogens is 1. The van der Waals surface area contributed by atoms with Gasteiger partial charge in [-0.1, -0.05) is 18.2 Å². The quantitative estimate of drug-likeness (QED) is 0.907. The smallest absolute Gasteiger partial charge is 0.252 e. The molecule has 21 heavy (non-hydrogen) atoms. The zero-order valence-electron chi connectivity index (χ0n) is 12.3. The van der Waals surface area contributed by atoms with Gasteiger partial charge >= 0.3 is 0 Å². The number of pyridine rings is 1. The summed E-state index contributed by atoms with van der Waals surface area (Å²) in [4.78, 5) is 17.1. The lowest BCUT2D eigenvalue weighted by molar-refractivity contribution is 0.0891. The lowest BCUT2D eigenvalue weighted by Crippen LogP contribution is -2.46. The summed E-state index contributed by atoms with van der Waals surface area (Å²) in [6.45, 7) is 3.26. The molecule has 2 N–H and O–H groups in total. The number of rotatable bonds is 3. The van der Waals surface area contributed by atoms with E-state index in [1.165, 1.54) is 0 Å². The normalized spacial score (nSPS) is 21.4. The Morgan fingerprint density at radius 1 is 1.38 bits per heavy atom. The van der Waals surface area contributed by atoms with Crippen molar-refractivity contribution in [3.05, 3.63) is 35.9 Å². The SMILES string of the molecule is CNc1cc(C(=O)NC2(C)CCOC2)c2ccccc2n1. The number of carbonyl (C=O) groups excluding carboxylic acids is 1. The summed E-state index contributed by atoms with van der Waals surface area (Å²) >= 11 is 0. The Morgan fingerprint density at radius 2 is 2.19 bits per heavy atom. The van der Waals surface area contributed by atoms with Crippen LogP contribution in [0.4, 0.5) is 5.82 Å². The predicted octanol–water partition coefficient (Wildman–Crippen LogP) is 2.19. The lowest BCUT2D eigenvalue weighted by Gasteiger charge is -2.24. The van der Waals surface area contributed by atoms with Crippen molar-refractivity contribution in [2.75, 3.05) is 25.6 Å². The molecule has 3 rings (SSSR count). The summed E-state index contributed by atoms with van der Waals surface area (Å²) in [6.07, 6.45) is 0.834. The van der Waals surface area contributed by atoms with Gasteiger partial charge in [-0.15, -0.1) is 0 Å². The molecule has 0 radical (unpaired) electrons. The maximum atomic E-state index is 12.7. The van der Waals surface area contributed by atoms with E-state index in [2.05, 4.69) is 15.6 Å². The van der Waals surface area contributed by atoms with E-state index in [1.54, 1.807) is 13.1 Å². The molecular weight excluding hydrogens is 266 g/mol. The van der Waals surface area contributed by atoms with Gasteiger partial charge in [-0.3, -0.25) is 4.79 Å². The minimum atomic E-state index is -0.290. The van der Waals surface area contributed by atoms with Crippen molar-refractivity contribution in [1.82, 2.24) is 10.3 Å². The number of anilines is 1. The summed E-state index contributed by atoms with van der Waals surface area (Å²) in [6, 6.07) is 9.46. The molecule has 1 aliphatic rings. The van der Waals surface area contributed by atoms with Crippen molar-refractivity contribution in [2.45, 2.75) is 18.9 Å². The summed E-state index contributed by atoms with van der Waals surface area (Å²) in [5, 5.41) is 6.96. The van der Waals surface area contributed by atoms with Gasteiger partial charge in [0.05, 0.1) is 23.2 Å². The lowest BCUT2D eigenvalue weighted by atomic mass is 10.00. The minimum Gasteiger partial charge on any atom is -0.379 e. The standard InChI is InChI=1S/C16H19N3O2/c1-16(7-8-21-10-16)19-15(20)12-9-14(17-2)18-13-6-4-3-5-11(12)13/h3-6,9H,7-8,10H2,1-2H3,(H,17,18)(H,19,20). The number of benzene rings is 1. The second-order valence-corrected chi connectivity index (χ2v) is 5.64. The molecule has 2 heterocycles. The molecule has 1 aliphatic heterocycles. The molecule has 0 saturated carbocycles. The van der Waals surface area contributed by atoms with Gasteiger partial charge in [0, 0.05) is 19.0 Å². The Bertz CT molecular complexity index is 678. The molecule has 5 heteroatoms. The zero-order valence-corrected chi connectivity index (χ0v) is 12.3. The van der Waals surface area contributed by atoms with E-state index in [-0.39, 0.29) is 11.4 Å². The number of fused-ring (bicyclic) bond motifs is 1. The molecule has 110 valence electrons. The van der Waals surface area contributed by atoms with Gasteiger partial charge in [0.1, 0.15) is 5.82 Å². The number of hydrogen-bond acceptors (Lipinski definition) is 4. The van der Waals surface area contributed by atoms with E-state index < -0.39 is 0 Å². The van der Waals surface area contributed by atoms with Gasteiger partial charge in [0.25, 0.3) is 5.91 Å². The van der Waals surface area contributed by atoms with Gasteiger partial charge in [0.2, 0.25) is 0 Å². The molecule has 1 saturated heterocycles. The monoisotopic (exact) mass is 285 g/mol. The Kier molecular flexibility index (Phi) is 3.51. The van der Waals surface area contributed by atoms with Gasteiger partial charge in [-0.25, -0.2) is 4.98 Å². The summed E-state index contributed by atoms with van der Waals surface area (Å²) in [5.41, 5.74) is 1.15. The van der Waals surface area contributed by atoms with Crippen LogP contribution in [-0.2, 0) is 4.74 Å². The van der Waals surface area contributed by atoms with E-state index in [9.17, 15) is 4.79 Å². The van der Waals surface area contributed by atoms with Crippen molar-refractivity contribution < 1.29 is 9.53 Å². The fourth-order valence-corrected chi connectivity index (χ4v) is 2.60. The van der Waals surface area contributed by atoms with Gasteiger partial charge in [0.15, 0.2) is 0 Å². The molecule has 1 amide bonds. The van der Waals surface area contributed by atoms with Gasteiger partial charge in [-0.2, -0.15) is 0 Å². The molecule has 1 atom stereocenters. The predicted molar refractivity (Wildman–Crippen MR) is 82.6 cm³/mol. The van der Waals surface area contributed by atoms with Crippen LogP contribution in [0.15, 0.2) is 30.3 Å². The van der Waals surface area contributed by atoms with Crippen molar-refractivity contribution in [3.8, 4) is 0 Å². The van der Waals surface area contributed by atoms with Crippen molar-refractivity contribution in [1.29, 1.82) is 0 Å². The Balaban J connectivity index is 2.00. The van der Waals surface area contributed by atoms with E-state index in [0.29, 0.717) is 24.6 Å². The number of ether oxygens (including phenoxy) is 1. The van der Waals surface area contributed by atoms with Crippen LogP contribution in [-0.4, -0.2) is 36.7 Å². The summed E-state index contributed by atoms with van der Waals surface area (Å²) in [7, 11) is 1.80. The van der Waals surface area contributed by atoms with Crippen LogP contribution in [0, 0.1) is 0 Å². The average Bonchev–Trinajstić information content (AvgIpc) is 2.92. The maximum absolute atomic E-state index is 12.7. The third-order valence-corrected chi connectivity index (χ3v) is 3.85. The first-order chi connectivity index (χ1) is 10.1. The molecule has 1 unspecified atom stereocenters. The molecular formula is C16H19N3O2. The van der Waals surface area contributed by atoms with Crippen LogP contribution in [0.5, 0.6) is 0 Å². The molecule has 0 spiro atoms. The molecule has 2 aromatic rings. The highest BCUT2D eigenvalue weighted by molar-refractivity contribution is 6.07. The number of hydrogen-bond donors (Lipinski definition) is 2. The van der Waals surface area contributed by atoms with E-state index in [1.807, 2.05) is 31.2 Å². The number of nitrogens with one attached hydrogen (secondary N) is 2. The molecule has 5 nitrogen and oxygen atoms in total. The number of para-hydroxylation sites is 1. The van der Waals surface area contributed by atoms with Crippen LogP contribution in [0.3, 0.4) is 0 Å². The van der Waals surface area contributed by atoms with E-state index in [4.69, 9.17) is 4.74 Å². The second-order valence-electron chi connectivity index (χ2n) is 5.64. The van der Waals surface area contributed by atoms with Crippen LogP contribution >= 0.6 is 0 Å². The average molecular weight is 285 g/mol. The number of amides is 1. The molecule has 1 aromatic carbocycles. The first-order valence-electron chi connectivity index (χ1n) is 7.09. The van der Waals surface area contributed by atoms with Crippen LogP contribution in [0.25, 0.3) is 10.9 Å². The molecule has 0 bridgehead atoms. The third-order valence-electron chi connectivity index (χ3n) is 3.85. The number of nitrogens with zero attached hydrogens (tertiary/aromatic N) is 1. The third kappa shape index (κ3) is 2.69. The second kappa shape index (κ2) is 5.33. The van der Waals surface area contributed by atoms with E-state index in [0.717, 1.165) is 17.3 Å². The highest BCUT2D eigenvalue weighted by Gasteiger charge is 2.32. The van der Waals surface area contributed by atoms with Crippen molar-refractivity contribution >= 4 is 22.6 Å². The van der Waals surface area contributed by atoms with Crippen LogP contribution in [0.2, 0.25) is 0 Å². The highest BCUT2D eigenvalue weighted by Crippen LogP contribution is 2.23. The Labute approximate surface area is 123 Å². The minimum absolute atomic E-state index is 0.0851. The maximum Gasteiger partial charge on any atom is 0.252 e. The topological polar surface area (TPSA) is 63.2 Å². The summed E-state index contributed by atoms with van der Waals surface area (Å²) in [5.74, 6) is 0.602. The Morgan fingerprint density at radius 3 is 2.90 bits per heavy atom. The first-order valence-corrected chi connectivity index (χ1v) is 7.09. The van der Waals surface area contributed by atoms with Crippen molar-refractivity contribution in [2.24, 2.45) is 0 Å². The first kappa shape index (κ1) is 13.8. The zero-order chi connectivity index (χ0) is 14.9. The number of carbonyl (C=O) groups is 1. The van der Waals surface area contributed by atoms with Gasteiger partial charge in [-0.05, 0) is 25.5 Å². The Hall–Kier alpha value is -2.14. The summed E-state index contributed by atoms with van der Waals surface area (Å²) < 4.78 is 5.39. The van der Waals surface area contributed by atoms with Crippen LogP contribution < -0.4 is 10.6 Å². The highest BCUT2D eigenvalue weighted by atomic mass is 16.5. The van der Waals surface area contributed by atoms with Gasteiger partial charge < -0.3 is 15.4 Å². The van der Waals surface area contributed by atoms with Crippen LogP contribution in [0.1, 0.15) is 23.7 Å². The van der Waals surface area contributed by atoms with E-state index >= 15 is 0 Å². The molecule has 1 fully saturated rings. The largest absolute Gasteiger partial charge is 0.379 e. The fourth-order valence-electron chi connectivity index (χ4n) is 2.60. The molecule has 0 aliphatic carbocycles. The fraction of sp³-hybridized carbons (Fsp3) is 0.375. The van der Waals surface area contributed by atoms with Crippen molar-refractivity contribution in [3.63, 3.8) is 0 Å².